The number of anilines is 2. The van der Waals surface area contributed by atoms with Crippen LogP contribution in [0, 0.1) is 0 Å². The van der Waals surface area contributed by atoms with Crippen LogP contribution in [0.2, 0.25) is 0 Å². The van der Waals surface area contributed by atoms with Crippen LogP contribution in [0.4, 0.5) is 28.9 Å². The minimum Gasteiger partial charge on any atom is -0.486 e. The zero-order chi connectivity index (χ0) is 27.0. The fourth-order valence-corrected chi connectivity index (χ4v) is 3.92. The van der Waals surface area contributed by atoms with E-state index < -0.39 is 42.1 Å². The summed E-state index contributed by atoms with van der Waals surface area (Å²) in [5.41, 5.74) is 2.78. The Hall–Kier alpha value is -4.69. The normalized spacial score (nSPS) is 19.6. The van der Waals surface area contributed by atoms with Gasteiger partial charge in [0.2, 0.25) is 12.1 Å². The van der Waals surface area contributed by atoms with Crippen molar-refractivity contribution in [3.63, 3.8) is 0 Å². The molecule has 0 fully saturated rings. The molecule has 0 aromatic heterocycles. The van der Waals surface area contributed by atoms with Gasteiger partial charge in [-0.15, -0.1) is 0 Å². The molecule has 2 unspecified atom stereocenters. The number of hydroxylamine groups is 1. The minimum absolute atomic E-state index is 0.121. The number of hydrogen-bond acceptors (Lipinski definition) is 10. The average Bonchev–Trinajstić information content (AvgIpc) is 2.88. The second-order valence-electron chi connectivity index (χ2n) is 8.04. The zero-order valence-electron chi connectivity index (χ0n) is 19.5. The lowest BCUT2D eigenvalue weighted by Crippen LogP contribution is -2.54. The highest BCUT2D eigenvalue weighted by Crippen LogP contribution is 2.47. The SMILES string of the molecule is CNC(=O)C1Oc2c1cccc2N1C(NOC(=O)C(F)(F)F)=NC=C(F)C1Nc1ccc2c(c1)OCCO2. The van der Waals surface area contributed by atoms with Gasteiger partial charge in [0, 0.05) is 24.4 Å². The van der Waals surface area contributed by atoms with Crippen molar-refractivity contribution in [1.82, 2.24) is 10.8 Å². The molecule has 2 aromatic carbocycles. The fraction of sp³-hybridized carbons (Fsp3) is 0.261. The third-order valence-electron chi connectivity index (χ3n) is 5.66. The number of guanidine groups is 1. The molecule has 0 saturated heterocycles. The van der Waals surface area contributed by atoms with Crippen LogP contribution >= 0.6 is 0 Å². The van der Waals surface area contributed by atoms with Gasteiger partial charge in [0.25, 0.3) is 5.91 Å². The van der Waals surface area contributed by atoms with E-state index in [0.29, 0.717) is 36.0 Å². The molecule has 3 heterocycles. The number of carbonyl (C=O) groups excluding carboxylic acids is 2. The molecule has 200 valence electrons. The summed E-state index contributed by atoms with van der Waals surface area (Å²) in [5.74, 6) is -3.24. The van der Waals surface area contributed by atoms with Crippen molar-refractivity contribution < 1.29 is 46.2 Å². The van der Waals surface area contributed by atoms with E-state index in [1.807, 2.05) is 5.48 Å². The van der Waals surface area contributed by atoms with E-state index in [0.717, 1.165) is 11.1 Å². The molecule has 3 N–H and O–H groups in total. The summed E-state index contributed by atoms with van der Waals surface area (Å²) in [6.07, 6.45) is -6.89. The van der Waals surface area contributed by atoms with Gasteiger partial charge in [0.15, 0.2) is 29.2 Å². The number of aliphatic imine (C=N–C) groups is 1. The van der Waals surface area contributed by atoms with E-state index in [9.17, 15) is 22.8 Å². The Morgan fingerprint density at radius 2 is 1.89 bits per heavy atom. The molecular weight excluding hydrogens is 518 g/mol. The molecule has 15 heteroatoms. The van der Waals surface area contributed by atoms with Gasteiger partial charge in [0.1, 0.15) is 13.2 Å². The standard InChI is InChI=1S/C23H19F4N5O6/c1-28-20(33)18-12-3-2-4-14(17(12)37-18)32-19(30-11-5-6-15-16(9-11)36-8-7-35-15)13(24)10-29-22(32)31-38-21(34)23(25,26)27/h2-6,9-10,18-19,30H,7-8H2,1H3,(H,28,33)(H,29,31). The number of hydrogen-bond donors (Lipinski definition) is 3. The van der Waals surface area contributed by atoms with Crippen molar-refractivity contribution in [2.45, 2.75) is 18.4 Å². The number of alkyl halides is 3. The Morgan fingerprint density at radius 1 is 1.13 bits per heavy atom. The van der Waals surface area contributed by atoms with Gasteiger partial charge in [-0.25, -0.2) is 14.2 Å². The molecule has 5 rings (SSSR count). The van der Waals surface area contributed by atoms with Crippen molar-refractivity contribution in [2.24, 2.45) is 4.99 Å². The monoisotopic (exact) mass is 537 g/mol. The number of amides is 1. The highest BCUT2D eigenvalue weighted by molar-refractivity contribution is 6.01. The summed E-state index contributed by atoms with van der Waals surface area (Å²) in [6, 6.07) is 9.38. The van der Waals surface area contributed by atoms with Crippen LogP contribution in [0.1, 0.15) is 11.7 Å². The Bertz CT molecular complexity index is 1350. The molecule has 3 aliphatic rings. The van der Waals surface area contributed by atoms with Gasteiger partial charge in [-0.3, -0.25) is 9.69 Å². The number of nitrogens with one attached hydrogen (secondary N) is 3. The molecular formula is C23H19F4N5O6. The Morgan fingerprint density at radius 3 is 2.63 bits per heavy atom. The zero-order valence-corrected chi connectivity index (χ0v) is 19.5. The molecule has 0 radical (unpaired) electrons. The topological polar surface area (TPSA) is 123 Å². The van der Waals surface area contributed by atoms with Crippen molar-refractivity contribution >= 4 is 29.2 Å². The van der Waals surface area contributed by atoms with E-state index in [1.54, 1.807) is 30.3 Å². The molecule has 3 aliphatic heterocycles. The van der Waals surface area contributed by atoms with E-state index in [4.69, 9.17) is 14.2 Å². The minimum atomic E-state index is -5.29. The quantitative estimate of drug-likeness (QED) is 0.399. The van der Waals surface area contributed by atoms with E-state index in [1.165, 1.54) is 13.1 Å². The summed E-state index contributed by atoms with van der Waals surface area (Å²) < 4.78 is 70.1. The van der Waals surface area contributed by atoms with Crippen LogP contribution in [0.15, 0.2) is 53.4 Å². The molecule has 0 saturated carbocycles. The number of fused-ring (bicyclic) bond motifs is 2. The lowest BCUT2D eigenvalue weighted by atomic mass is 10.00. The number of para-hydroxylation sites is 1. The Balaban J connectivity index is 1.50. The molecule has 2 aromatic rings. The average molecular weight is 537 g/mol. The van der Waals surface area contributed by atoms with Gasteiger partial charge >= 0.3 is 12.1 Å². The first kappa shape index (κ1) is 25.0. The van der Waals surface area contributed by atoms with Gasteiger partial charge in [0.05, 0.1) is 11.9 Å². The largest absolute Gasteiger partial charge is 0.493 e. The summed E-state index contributed by atoms with van der Waals surface area (Å²) in [7, 11) is 1.43. The van der Waals surface area contributed by atoms with Crippen LogP contribution in [0.25, 0.3) is 0 Å². The van der Waals surface area contributed by atoms with E-state index >= 15 is 4.39 Å². The molecule has 38 heavy (non-hydrogen) atoms. The molecule has 11 nitrogen and oxygen atoms in total. The van der Waals surface area contributed by atoms with Gasteiger partial charge in [-0.1, -0.05) is 12.1 Å². The van der Waals surface area contributed by atoms with Crippen molar-refractivity contribution in [3.05, 3.63) is 54.0 Å². The molecule has 0 aliphatic carbocycles. The summed E-state index contributed by atoms with van der Waals surface area (Å²) in [6.45, 7) is 0.678. The summed E-state index contributed by atoms with van der Waals surface area (Å²) >= 11 is 0. The third kappa shape index (κ3) is 4.57. The van der Waals surface area contributed by atoms with Crippen molar-refractivity contribution in [2.75, 3.05) is 30.5 Å². The van der Waals surface area contributed by atoms with E-state index in [-0.39, 0.29) is 11.4 Å². The lowest BCUT2D eigenvalue weighted by Gasteiger charge is -2.40. The number of carbonyl (C=O) groups is 2. The summed E-state index contributed by atoms with van der Waals surface area (Å²) in [4.78, 5) is 32.5. The maximum Gasteiger partial charge on any atom is 0.493 e. The maximum absolute atomic E-state index is 15.3. The molecule has 0 bridgehead atoms. The van der Waals surface area contributed by atoms with Crippen LogP contribution in [-0.2, 0) is 14.4 Å². The first-order valence-electron chi connectivity index (χ1n) is 11.1. The van der Waals surface area contributed by atoms with Crippen molar-refractivity contribution in [1.29, 1.82) is 0 Å². The predicted molar refractivity (Wildman–Crippen MR) is 123 cm³/mol. The molecule has 2 atom stereocenters. The first-order valence-corrected chi connectivity index (χ1v) is 11.1. The molecule has 0 spiro atoms. The van der Waals surface area contributed by atoms with Crippen LogP contribution < -0.4 is 35.2 Å². The highest BCUT2D eigenvalue weighted by atomic mass is 19.4. The first-order chi connectivity index (χ1) is 18.2. The summed E-state index contributed by atoms with van der Waals surface area (Å²) in [5, 5.41) is 5.38. The lowest BCUT2D eigenvalue weighted by molar-refractivity contribution is -0.203. The van der Waals surface area contributed by atoms with Crippen molar-refractivity contribution in [3.8, 4) is 17.2 Å². The maximum atomic E-state index is 15.3. The smallest absolute Gasteiger partial charge is 0.486 e. The van der Waals surface area contributed by atoms with Gasteiger partial charge in [-0.2, -0.15) is 18.7 Å². The third-order valence-corrected chi connectivity index (χ3v) is 5.66. The second-order valence-corrected chi connectivity index (χ2v) is 8.04. The second kappa shape index (κ2) is 9.64. The number of likely N-dealkylation sites (N-methyl/N-ethyl adjacent to an activating group) is 1. The Kier molecular flexibility index (Phi) is 6.34. The number of benzene rings is 2. The van der Waals surface area contributed by atoms with Crippen LogP contribution in [0.5, 0.6) is 17.2 Å². The number of rotatable bonds is 4. The molecule has 1 amide bonds. The van der Waals surface area contributed by atoms with Crippen LogP contribution in [0.3, 0.4) is 0 Å². The van der Waals surface area contributed by atoms with Gasteiger partial charge in [-0.05, 0) is 18.2 Å². The number of nitrogens with zero attached hydrogens (tertiary/aromatic N) is 2. The number of ether oxygens (including phenoxy) is 3. The Labute approximate surface area is 211 Å². The predicted octanol–water partition coefficient (Wildman–Crippen LogP) is 2.67. The fourth-order valence-electron chi connectivity index (χ4n) is 3.92. The van der Waals surface area contributed by atoms with Crippen LogP contribution in [-0.4, -0.2) is 50.4 Å². The van der Waals surface area contributed by atoms with E-state index in [2.05, 4.69) is 20.5 Å². The highest BCUT2D eigenvalue weighted by Gasteiger charge is 2.44. The van der Waals surface area contributed by atoms with Gasteiger partial charge < -0.3 is 29.7 Å². The number of halogens is 4.